The SMILES string of the molecule is O=C(O)CC(CCC(=O)NC(c1ccccc1)(c1ccccc1)c1ccccc1)NC(=O)OCC1c2ccccc2-c2ccccc21. The fraction of sp³-hybridized carbons (Fsp3) is 0.175. The van der Waals surface area contributed by atoms with Gasteiger partial charge in [0.05, 0.1) is 6.42 Å². The maximum atomic E-state index is 13.8. The number of nitrogens with one attached hydrogen (secondary N) is 2. The van der Waals surface area contributed by atoms with Gasteiger partial charge in [-0.1, -0.05) is 140 Å². The third-order valence-electron chi connectivity index (χ3n) is 8.75. The van der Waals surface area contributed by atoms with Crippen LogP contribution in [0.4, 0.5) is 4.79 Å². The van der Waals surface area contributed by atoms with Crippen LogP contribution in [0.2, 0.25) is 0 Å². The van der Waals surface area contributed by atoms with Gasteiger partial charge in [0.2, 0.25) is 5.91 Å². The highest BCUT2D eigenvalue weighted by molar-refractivity contribution is 5.80. The number of aliphatic carboxylic acids is 1. The van der Waals surface area contributed by atoms with Crippen molar-refractivity contribution in [2.75, 3.05) is 6.61 Å². The molecule has 1 atom stereocenters. The van der Waals surface area contributed by atoms with E-state index in [1.807, 2.05) is 127 Å². The summed E-state index contributed by atoms with van der Waals surface area (Å²) in [6.07, 6.45) is -0.976. The molecule has 0 heterocycles. The van der Waals surface area contributed by atoms with Crippen molar-refractivity contribution < 1.29 is 24.2 Å². The molecular formula is C40H36N2O5. The molecule has 1 aliphatic carbocycles. The summed E-state index contributed by atoms with van der Waals surface area (Å²) in [5.41, 5.74) is 6.04. The predicted octanol–water partition coefficient (Wildman–Crippen LogP) is 7.26. The minimum atomic E-state index is -1.08. The lowest BCUT2D eigenvalue weighted by molar-refractivity contribution is -0.137. The summed E-state index contributed by atoms with van der Waals surface area (Å²) in [5, 5.41) is 15.6. The molecule has 0 fully saturated rings. The highest BCUT2D eigenvalue weighted by Gasteiger charge is 2.38. The molecule has 6 rings (SSSR count). The Hall–Kier alpha value is -5.69. The van der Waals surface area contributed by atoms with Crippen LogP contribution >= 0.6 is 0 Å². The van der Waals surface area contributed by atoms with Crippen molar-refractivity contribution in [2.24, 2.45) is 0 Å². The van der Waals surface area contributed by atoms with Crippen molar-refractivity contribution >= 4 is 18.0 Å². The fourth-order valence-electron chi connectivity index (χ4n) is 6.60. The molecule has 0 radical (unpaired) electrons. The molecule has 236 valence electrons. The summed E-state index contributed by atoms with van der Waals surface area (Å²) in [7, 11) is 0. The molecule has 0 aliphatic heterocycles. The van der Waals surface area contributed by atoms with E-state index in [0.717, 1.165) is 38.9 Å². The van der Waals surface area contributed by atoms with E-state index < -0.39 is 23.6 Å². The van der Waals surface area contributed by atoms with Gasteiger partial charge in [0.25, 0.3) is 0 Å². The smallest absolute Gasteiger partial charge is 0.407 e. The molecule has 7 nitrogen and oxygen atoms in total. The van der Waals surface area contributed by atoms with Crippen LogP contribution in [0.5, 0.6) is 0 Å². The van der Waals surface area contributed by atoms with Crippen molar-refractivity contribution in [1.82, 2.24) is 10.6 Å². The molecule has 0 saturated carbocycles. The van der Waals surface area contributed by atoms with Gasteiger partial charge in [-0.25, -0.2) is 4.79 Å². The fourth-order valence-corrected chi connectivity index (χ4v) is 6.60. The second-order valence-electron chi connectivity index (χ2n) is 11.7. The lowest BCUT2D eigenvalue weighted by Crippen LogP contribution is -2.48. The Balaban J connectivity index is 1.16. The third-order valence-corrected chi connectivity index (χ3v) is 8.75. The van der Waals surface area contributed by atoms with Gasteiger partial charge in [-0.05, 0) is 45.4 Å². The monoisotopic (exact) mass is 624 g/mol. The predicted molar refractivity (Wildman–Crippen MR) is 181 cm³/mol. The number of benzene rings is 5. The van der Waals surface area contributed by atoms with Crippen molar-refractivity contribution in [3.05, 3.63) is 167 Å². The summed E-state index contributed by atoms with van der Waals surface area (Å²) < 4.78 is 5.67. The average molecular weight is 625 g/mol. The second-order valence-corrected chi connectivity index (χ2v) is 11.7. The van der Waals surface area contributed by atoms with Crippen LogP contribution in [-0.4, -0.2) is 35.7 Å². The molecule has 0 aromatic heterocycles. The Kier molecular flexibility index (Phi) is 9.43. The van der Waals surface area contributed by atoms with E-state index >= 15 is 0 Å². The zero-order valence-corrected chi connectivity index (χ0v) is 25.8. The number of alkyl carbamates (subject to hydrolysis) is 1. The molecular weight excluding hydrogens is 588 g/mol. The third kappa shape index (κ3) is 6.79. The zero-order chi connectivity index (χ0) is 32.6. The minimum Gasteiger partial charge on any atom is -0.481 e. The van der Waals surface area contributed by atoms with Crippen LogP contribution in [-0.2, 0) is 19.9 Å². The van der Waals surface area contributed by atoms with Crippen LogP contribution in [0.15, 0.2) is 140 Å². The molecule has 5 aromatic carbocycles. The van der Waals surface area contributed by atoms with E-state index in [9.17, 15) is 19.5 Å². The van der Waals surface area contributed by atoms with Crippen molar-refractivity contribution in [1.29, 1.82) is 0 Å². The number of carbonyl (C=O) groups excluding carboxylic acids is 2. The lowest BCUT2D eigenvalue weighted by Gasteiger charge is -2.37. The molecule has 0 spiro atoms. The number of hydrogen-bond donors (Lipinski definition) is 3. The number of rotatable bonds is 12. The Bertz CT molecular complexity index is 1700. The van der Waals surface area contributed by atoms with Gasteiger partial charge >= 0.3 is 12.1 Å². The molecule has 1 unspecified atom stereocenters. The number of carbonyl (C=O) groups is 3. The van der Waals surface area contributed by atoms with Gasteiger partial charge in [-0.15, -0.1) is 0 Å². The lowest BCUT2D eigenvalue weighted by atomic mass is 9.77. The summed E-state index contributed by atoms with van der Waals surface area (Å²) in [6, 6.07) is 44.5. The highest BCUT2D eigenvalue weighted by atomic mass is 16.5. The maximum absolute atomic E-state index is 13.8. The molecule has 3 N–H and O–H groups in total. The Morgan fingerprint density at radius 1 is 0.660 bits per heavy atom. The molecule has 1 aliphatic rings. The quantitative estimate of drug-likeness (QED) is 0.127. The van der Waals surface area contributed by atoms with E-state index in [4.69, 9.17) is 4.74 Å². The number of ether oxygens (including phenoxy) is 1. The molecule has 7 heteroatoms. The van der Waals surface area contributed by atoms with Crippen molar-refractivity contribution in [3.8, 4) is 11.1 Å². The van der Waals surface area contributed by atoms with Gasteiger partial charge in [0.15, 0.2) is 0 Å². The van der Waals surface area contributed by atoms with Crippen LogP contribution in [0.25, 0.3) is 11.1 Å². The van der Waals surface area contributed by atoms with Crippen molar-refractivity contribution in [3.63, 3.8) is 0 Å². The first-order valence-electron chi connectivity index (χ1n) is 15.8. The van der Waals surface area contributed by atoms with E-state index in [1.54, 1.807) is 0 Å². The molecule has 2 amide bonds. The summed E-state index contributed by atoms with van der Waals surface area (Å²) in [4.78, 5) is 38.6. The van der Waals surface area contributed by atoms with Gasteiger partial charge in [-0.3, -0.25) is 9.59 Å². The maximum Gasteiger partial charge on any atom is 0.407 e. The molecule has 47 heavy (non-hydrogen) atoms. The summed E-state index contributed by atoms with van der Waals surface area (Å²) in [6.45, 7) is 0.105. The van der Waals surface area contributed by atoms with E-state index in [-0.39, 0.29) is 37.7 Å². The number of carboxylic acids is 1. The summed E-state index contributed by atoms with van der Waals surface area (Å²) in [5.74, 6) is -1.49. The Labute approximate surface area is 274 Å². The number of amides is 2. The van der Waals surface area contributed by atoms with E-state index in [0.29, 0.717) is 0 Å². The van der Waals surface area contributed by atoms with Crippen LogP contribution in [0.3, 0.4) is 0 Å². The zero-order valence-electron chi connectivity index (χ0n) is 25.8. The Morgan fingerprint density at radius 2 is 1.11 bits per heavy atom. The first kappa shape index (κ1) is 31.3. The topological polar surface area (TPSA) is 105 Å². The van der Waals surface area contributed by atoms with Gasteiger partial charge in [0.1, 0.15) is 12.1 Å². The van der Waals surface area contributed by atoms with Gasteiger partial charge in [0, 0.05) is 18.4 Å². The summed E-state index contributed by atoms with van der Waals surface area (Å²) >= 11 is 0. The standard InChI is InChI=1S/C40H36N2O5/c43-37(42-40(28-14-4-1-5-15-28,29-16-6-2-7-17-29)30-18-8-3-9-19-30)25-24-31(26-38(44)45)41-39(46)47-27-36-34-22-12-10-20-32(34)33-21-11-13-23-35(33)36/h1-23,31,36H,24-27H2,(H,41,46)(H,42,43)(H,44,45). The molecule has 0 saturated heterocycles. The number of hydrogen-bond acceptors (Lipinski definition) is 4. The van der Waals surface area contributed by atoms with Crippen LogP contribution in [0.1, 0.15) is 53.0 Å². The van der Waals surface area contributed by atoms with E-state index in [2.05, 4.69) is 22.8 Å². The van der Waals surface area contributed by atoms with Gasteiger partial charge < -0.3 is 20.5 Å². The first-order chi connectivity index (χ1) is 23.0. The molecule has 5 aromatic rings. The van der Waals surface area contributed by atoms with Crippen LogP contribution < -0.4 is 10.6 Å². The second kappa shape index (κ2) is 14.2. The minimum absolute atomic E-state index is 0.0180. The van der Waals surface area contributed by atoms with Crippen molar-refractivity contribution in [2.45, 2.75) is 36.8 Å². The number of carboxylic acid groups (broad SMARTS) is 1. The number of fused-ring (bicyclic) bond motifs is 3. The molecule has 0 bridgehead atoms. The van der Waals surface area contributed by atoms with Gasteiger partial charge in [-0.2, -0.15) is 0 Å². The highest BCUT2D eigenvalue weighted by Crippen LogP contribution is 2.44. The normalized spacial score (nSPS) is 12.8. The first-order valence-corrected chi connectivity index (χ1v) is 15.8. The largest absolute Gasteiger partial charge is 0.481 e. The average Bonchev–Trinajstić information content (AvgIpc) is 3.43. The van der Waals surface area contributed by atoms with Crippen LogP contribution in [0, 0.1) is 0 Å². The Morgan fingerprint density at radius 3 is 1.57 bits per heavy atom. The van der Waals surface area contributed by atoms with E-state index in [1.165, 1.54) is 0 Å².